The Morgan fingerprint density at radius 2 is 0.784 bits per heavy atom. The molecular formula is C30H51N7. The first-order valence-corrected chi connectivity index (χ1v) is 15.0. The monoisotopic (exact) mass is 509 g/mol. The fourth-order valence-electron chi connectivity index (χ4n) is 6.19. The molecule has 0 amide bonds. The van der Waals surface area contributed by atoms with E-state index in [-0.39, 0.29) is 16.6 Å². The topological polar surface area (TPSA) is 77.4 Å². The molecule has 0 aromatic heterocycles. The van der Waals surface area contributed by atoms with Gasteiger partial charge in [-0.1, -0.05) is 80.1 Å². The predicted molar refractivity (Wildman–Crippen MR) is 153 cm³/mol. The zero-order valence-electron chi connectivity index (χ0n) is 24.5. The van der Waals surface area contributed by atoms with E-state index in [1.165, 1.54) is 0 Å². The number of azo groups is 3. The molecule has 7 nitrogen and oxygen atoms in total. The molecule has 0 radical (unpaired) electrons. The molecule has 0 saturated carbocycles. The van der Waals surface area contributed by atoms with E-state index in [9.17, 15) is 0 Å². The molecule has 3 aliphatic heterocycles. The lowest BCUT2D eigenvalue weighted by Crippen LogP contribution is -2.51. The Morgan fingerprint density at radius 1 is 0.486 bits per heavy atom. The molecule has 3 rings (SSSR count). The molecule has 3 unspecified atom stereocenters. The highest BCUT2D eigenvalue weighted by molar-refractivity contribution is 5.24. The second-order valence-electron chi connectivity index (χ2n) is 11.5. The fourth-order valence-corrected chi connectivity index (χ4v) is 6.19. The van der Waals surface area contributed by atoms with Crippen molar-refractivity contribution in [3.8, 4) is 0 Å². The van der Waals surface area contributed by atoms with Gasteiger partial charge >= 0.3 is 0 Å². The molecule has 3 atom stereocenters. The number of allylic oxidation sites excluding steroid dienone is 3. The first-order chi connectivity index (χ1) is 17.9. The SMILES string of the molecule is CCCC1=CC(CCC)(CN(CC2(CCC)C=C(CCC)N=N2)CC2(CCC)C=C(CCC)N=N2)N=N1. The van der Waals surface area contributed by atoms with Crippen LogP contribution in [0.2, 0.25) is 0 Å². The van der Waals surface area contributed by atoms with Crippen molar-refractivity contribution >= 4 is 0 Å². The summed E-state index contributed by atoms with van der Waals surface area (Å²) in [6.45, 7) is 15.9. The van der Waals surface area contributed by atoms with Crippen LogP contribution in [0, 0.1) is 0 Å². The highest BCUT2D eigenvalue weighted by Crippen LogP contribution is 2.38. The van der Waals surface area contributed by atoms with Crippen LogP contribution in [0.1, 0.15) is 119 Å². The molecule has 0 saturated heterocycles. The molecule has 37 heavy (non-hydrogen) atoms. The summed E-state index contributed by atoms with van der Waals surface area (Å²) in [5.74, 6) is 0. The van der Waals surface area contributed by atoms with E-state index >= 15 is 0 Å². The van der Waals surface area contributed by atoms with Crippen molar-refractivity contribution in [3.05, 3.63) is 35.3 Å². The van der Waals surface area contributed by atoms with E-state index in [0.717, 1.165) is 114 Å². The highest BCUT2D eigenvalue weighted by atomic mass is 15.3. The molecule has 0 aromatic rings. The van der Waals surface area contributed by atoms with Gasteiger partial charge in [0.25, 0.3) is 0 Å². The van der Waals surface area contributed by atoms with Crippen molar-refractivity contribution in [2.45, 2.75) is 135 Å². The Morgan fingerprint density at radius 3 is 1.03 bits per heavy atom. The van der Waals surface area contributed by atoms with E-state index in [1.807, 2.05) is 0 Å². The summed E-state index contributed by atoms with van der Waals surface area (Å²) in [6.07, 6.45) is 19.5. The molecule has 0 aliphatic carbocycles. The van der Waals surface area contributed by atoms with Crippen LogP contribution in [-0.2, 0) is 0 Å². The summed E-state index contributed by atoms with van der Waals surface area (Å²) in [7, 11) is 0. The van der Waals surface area contributed by atoms with Gasteiger partial charge in [-0.15, -0.1) is 0 Å². The molecule has 3 heterocycles. The highest BCUT2D eigenvalue weighted by Gasteiger charge is 2.42. The van der Waals surface area contributed by atoms with E-state index in [0.29, 0.717) is 0 Å². The van der Waals surface area contributed by atoms with Gasteiger partial charge in [0.15, 0.2) is 0 Å². The summed E-state index contributed by atoms with van der Waals surface area (Å²) in [5.41, 5.74) is 2.57. The summed E-state index contributed by atoms with van der Waals surface area (Å²) >= 11 is 0. The van der Waals surface area contributed by atoms with Gasteiger partial charge in [-0.2, -0.15) is 30.7 Å². The van der Waals surface area contributed by atoms with Gasteiger partial charge in [0.1, 0.15) is 16.6 Å². The first kappa shape index (κ1) is 29.5. The average molecular weight is 510 g/mol. The lowest BCUT2D eigenvalue weighted by molar-refractivity contribution is 0.160. The van der Waals surface area contributed by atoms with E-state index < -0.39 is 0 Å². The van der Waals surface area contributed by atoms with Crippen LogP contribution in [0.3, 0.4) is 0 Å². The normalized spacial score (nSPS) is 28.5. The number of hydrogen-bond donors (Lipinski definition) is 0. The predicted octanol–water partition coefficient (Wildman–Crippen LogP) is 9.35. The summed E-state index contributed by atoms with van der Waals surface area (Å²) in [5, 5.41) is 28.7. The minimum atomic E-state index is -0.280. The van der Waals surface area contributed by atoms with Crippen LogP contribution in [0.15, 0.2) is 66.0 Å². The molecule has 0 aromatic carbocycles. The van der Waals surface area contributed by atoms with Gasteiger partial charge in [0.2, 0.25) is 0 Å². The Hall–Kier alpha value is -2.02. The van der Waals surface area contributed by atoms with Gasteiger partial charge in [0, 0.05) is 19.6 Å². The minimum Gasteiger partial charge on any atom is -0.295 e. The maximum absolute atomic E-state index is 4.92. The lowest BCUT2D eigenvalue weighted by Gasteiger charge is -2.39. The molecular weight excluding hydrogens is 458 g/mol. The van der Waals surface area contributed by atoms with Crippen LogP contribution in [0.25, 0.3) is 0 Å². The summed E-state index contributed by atoms with van der Waals surface area (Å²) < 4.78 is 0. The van der Waals surface area contributed by atoms with E-state index in [1.54, 1.807) is 0 Å². The van der Waals surface area contributed by atoms with Crippen molar-refractivity contribution < 1.29 is 0 Å². The van der Waals surface area contributed by atoms with Crippen LogP contribution >= 0.6 is 0 Å². The van der Waals surface area contributed by atoms with Gasteiger partial charge in [-0.05, 0) is 56.8 Å². The van der Waals surface area contributed by atoms with Crippen molar-refractivity contribution in [1.29, 1.82) is 0 Å². The fraction of sp³-hybridized carbons (Fsp3) is 0.800. The third-order valence-corrected chi connectivity index (χ3v) is 7.50. The second-order valence-corrected chi connectivity index (χ2v) is 11.5. The molecule has 0 N–H and O–H groups in total. The number of hydrogen-bond acceptors (Lipinski definition) is 7. The minimum absolute atomic E-state index is 0.280. The van der Waals surface area contributed by atoms with Crippen molar-refractivity contribution in [2.24, 2.45) is 30.7 Å². The van der Waals surface area contributed by atoms with Gasteiger partial charge in [-0.3, -0.25) is 4.90 Å². The van der Waals surface area contributed by atoms with Crippen molar-refractivity contribution in [1.82, 2.24) is 4.90 Å². The zero-order chi connectivity index (χ0) is 26.8. The van der Waals surface area contributed by atoms with Crippen LogP contribution in [0.5, 0.6) is 0 Å². The summed E-state index contributed by atoms with van der Waals surface area (Å²) in [4.78, 5) is 2.58. The Labute approximate surface area is 225 Å². The second kappa shape index (κ2) is 13.7. The van der Waals surface area contributed by atoms with E-state index in [2.05, 4.69) is 80.0 Å². The van der Waals surface area contributed by atoms with E-state index in [4.69, 9.17) is 15.3 Å². The maximum Gasteiger partial charge on any atom is 0.115 e. The maximum atomic E-state index is 4.92. The van der Waals surface area contributed by atoms with Crippen molar-refractivity contribution in [2.75, 3.05) is 19.6 Å². The van der Waals surface area contributed by atoms with Crippen LogP contribution in [0.4, 0.5) is 0 Å². The molecule has 0 bridgehead atoms. The standard InChI is InChI=1S/C30H51N7/c1-7-13-25-19-28(16-10-4,34-31-25)22-37(23-29(17-11-5)20-26(14-8-2)32-35-29)24-30(18-12-6)21-27(15-9-3)33-36-30/h19-21H,7-18,22-24H2,1-6H3. The molecule has 0 fully saturated rings. The Balaban J connectivity index is 1.96. The van der Waals surface area contributed by atoms with Gasteiger partial charge < -0.3 is 0 Å². The quantitative estimate of drug-likeness (QED) is 0.181. The van der Waals surface area contributed by atoms with Gasteiger partial charge in [0.05, 0.1) is 17.1 Å². The molecule has 7 heteroatoms. The largest absolute Gasteiger partial charge is 0.295 e. The third-order valence-electron chi connectivity index (χ3n) is 7.50. The van der Waals surface area contributed by atoms with Crippen molar-refractivity contribution in [3.63, 3.8) is 0 Å². The van der Waals surface area contributed by atoms with Crippen LogP contribution < -0.4 is 0 Å². The van der Waals surface area contributed by atoms with Gasteiger partial charge in [-0.25, -0.2) is 0 Å². The average Bonchev–Trinajstić information content (AvgIpc) is 3.54. The number of nitrogens with zero attached hydrogens (tertiary/aromatic N) is 7. The summed E-state index contributed by atoms with van der Waals surface area (Å²) in [6, 6.07) is 0. The molecule has 206 valence electrons. The number of rotatable bonds is 18. The van der Waals surface area contributed by atoms with Crippen LogP contribution in [-0.4, -0.2) is 41.2 Å². The zero-order valence-corrected chi connectivity index (χ0v) is 24.5. The smallest absolute Gasteiger partial charge is 0.115 e. The Bertz CT molecular complexity index is 811. The lowest BCUT2D eigenvalue weighted by atomic mass is 9.87. The molecule has 0 spiro atoms. The molecule has 3 aliphatic rings. The first-order valence-electron chi connectivity index (χ1n) is 15.0. The Kier molecular flexibility index (Phi) is 10.9. The third kappa shape index (κ3) is 7.75.